The molecule has 0 spiro atoms. The third-order valence-corrected chi connectivity index (χ3v) is 3.68. The van der Waals surface area contributed by atoms with Crippen LogP contribution in [-0.4, -0.2) is 16.7 Å². The van der Waals surface area contributed by atoms with Crippen molar-refractivity contribution < 1.29 is 4.52 Å². The van der Waals surface area contributed by atoms with E-state index in [-0.39, 0.29) is 11.8 Å². The fourth-order valence-electron chi connectivity index (χ4n) is 2.52. The summed E-state index contributed by atoms with van der Waals surface area (Å²) >= 11 is 0. The molecule has 3 rings (SSSR count). The highest BCUT2D eigenvalue weighted by Crippen LogP contribution is 2.36. The van der Waals surface area contributed by atoms with Gasteiger partial charge in [0.15, 0.2) is 5.82 Å². The zero-order valence-corrected chi connectivity index (χ0v) is 10.5. The number of aryl methyl sites for hydroxylation is 1. The molecule has 94 valence electrons. The summed E-state index contributed by atoms with van der Waals surface area (Å²) in [7, 11) is 0. The molecule has 0 fully saturated rings. The van der Waals surface area contributed by atoms with Crippen molar-refractivity contribution in [3.05, 3.63) is 47.1 Å². The highest BCUT2D eigenvalue weighted by Gasteiger charge is 2.28. The molecule has 1 aliphatic carbocycles. The Morgan fingerprint density at radius 3 is 3.11 bits per heavy atom. The maximum absolute atomic E-state index is 5.62. The Kier molecular flexibility index (Phi) is 2.88. The SMILES string of the molecule is CC(CN)c1nc(C2CCc3ccccc32)no1. The normalized spacial score (nSPS) is 19.8. The lowest BCUT2D eigenvalue weighted by Gasteiger charge is -2.05. The molecule has 18 heavy (non-hydrogen) atoms. The number of rotatable bonds is 3. The van der Waals surface area contributed by atoms with E-state index in [4.69, 9.17) is 10.3 Å². The van der Waals surface area contributed by atoms with Crippen LogP contribution in [0.5, 0.6) is 0 Å². The first-order chi connectivity index (χ1) is 8.79. The van der Waals surface area contributed by atoms with Crippen molar-refractivity contribution in [1.82, 2.24) is 10.1 Å². The Bertz CT molecular complexity index is 549. The largest absolute Gasteiger partial charge is 0.339 e. The molecule has 2 atom stereocenters. The lowest BCUT2D eigenvalue weighted by atomic mass is 10.0. The number of aromatic nitrogens is 2. The second-order valence-electron chi connectivity index (χ2n) is 4.92. The van der Waals surface area contributed by atoms with Crippen LogP contribution in [0.2, 0.25) is 0 Å². The maximum atomic E-state index is 5.62. The number of hydrogen-bond donors (Lipinski definition) is 1. The molecular formula is C14H17N3O. The summed E-state index contributed by atoms with van der Waals surface area (Å²) in [5, 5.41) is 4.12. The summed E-state index contributed by atoms with van der Waals surface area (Å²) < 4.78 is 5.30. The van der Waals surface area contributed by atoms with Crippen LogP contribution in [0.25, 0.3) is 0 Å². The minimum Gasteiger partial charge on any atom is -0.339 e. The van der Waals surface area contributed by atoms with E-state index in [9.17, 15) is 0 Å². The van der Waals surface area contributed by atoms with Gasteiger partial charge in [0, 0.05) is 18.4 Å². The molecule has 0 saturated heterocycles. The third kappa shape index (κ3) is 1.82. The van der Waals surface area contributed by atoms with Crippen LogP contribution in [0.4, 0.5) is 0 Å². The second kappa shape index (κ2) is 4.53. The maximum Gasteiger partial charge on any atom is 0.230 e. The average molecular weight is 243 g/mol. The van der Waals surface area contributed by atoms with Crippen LogP contribution < -0.4 is 5.73 Å². The van der Waals surface area contributed by atoms with E-state index < -0.39 is 0 Å². The number of nitrogens with two attached hydrogens (primary N) is 1. The molecule has 2 N–H and O–H groups in total. The minimum absolute atomic E-state index is 0.128. The summed E-state index contributed by atoms with van der Waals surface area (Å²) in [6.45, 7) is 2.53. The fraction of sp³-hybridized carbons (Fsp3) is 0.429. The van der Waals surface area contributed by atoms with Crippen molar-refractivity contribution in [1.29, 1.82) is 0 Å². The minimum atomic E-state index is 0.128. The van der Waals surface area contributed by atoms with Crippen LogP contribution in [0.3, 0.4) is 0 Å². The molecule has 4 nitrogen and oxygen atoms in total. The van der Waals surface area contributed by atoms with E-state index in [1.165, 1.54) is 11.1 Å². The number of nitrogens with zero attached hydrogens (tertiary/aromatic N) is 2. The molecule has 0 saturated carbocycles. The standard InChI is InChI=1S/C14H17N3O/c1-9(8-15)14-16-13(17-18-14)12-7-6-10-4-2-3-5-11(10)12/h2-5,9,12H,6-8,15H2,1H3. The van der Waals surface area contributed by atoms with Crippen molar-refractivity contribution in [2.75, 3.05) is 6.54 Å². The van der Waals surface area contributed by atoms with Gasteiger partial charge in [-0.3, -0.25) is 0 Å². The van der Waals surface area contributed by atoms with Gasteiger partial charge in [-0.1, -0.05) is 36.3 Å². The van der Waals surface area contributed by atoms with Gasteiger partial charge < -0.3 is 10.3 Å². The Morgan fingerprint density at radius 1 is 1.44 bits per heavy atom. The van der Waals surface area contributed by atoms with Gasteiger partial charge in [0.25, 0.3) is 0 Å². The van der Waals surface area contributed by atoms with E-state index in [2.05, 4.69) is 34.4 Å². The molecule has 0 amide bonds. The zero-order chi connectivity index (χ0) is 12.5. The van der Waals surface area contributed by atoms with Gasteiger partial charge in [-0.05, 0) is 24.0 Å². The molecule has 1 heterocycles. The average Bonchev–Trinajstić information content (AvgIpc) is 3.03. The van der Waals surface area contributed by atoms with Crippen molar-refractivity contribution >= 4 is 0 Å². The van der Waals surface area contributed by atoms with Gasteiger partial charge in [0.1, 0.15) is 0 Å². The fourth-order valence-corrected chi connectivity index (χ4v) is 2.52. The van der Waals surface area contributed by atoms with E-state index >= 15 is 0 Å². The van der Waals surface area contributed by atoms with Crippen LogP contribution in [0.15, 0.2) is 28.8 Å². The van der Waals surface area contributed by atoms with E-state index in [0.717, 1.165) is 18.7 Å². The molecule has 1 aromatic carbocycles. The van der Waals surface area contributed by atoms with Gasteiger partial charge in [0.05, 0.1) is 0 Å². The van der Waals surface area contributed by atoms with Gasteiger partial charge in [-0.15, -0.1) is 0 Å². The first-order valence-corrected chi connectivity index (χ1v) is 6.41. The smallest absolute Gasteiger partial charge is 0.230 e. The first kappa shape index (κ1) is 11.4. The molecule has 2 aromatic rings. The van der Waals surface area contributed by atoms with Crippen LogP contribution in [-0.2, 0) is 6.42 Å². The number of hydrogen-bond acceptors (Lipinski definition) is 4. The van der Waals surface area contributed by atoms with Crippen LogP contribution in [0.1, 0.15) is 48.0 Å². The quantitative estimate of drug-likeness (QED) is 0.897. The predicted octanol–water partition coefficient (Wildman–Crippen LogP) is 2.21. The number of fused-ring (bicyclic) bond motifs is 1. The summed E-state index contributed by atoms with van der Waals surface area (Å²) in [5.41, 5.74) is 8.36. The lowest BCUT2D eigenvalue weighted by molar-refractivity contribution is 0.355. The highest BCUT2D eigenvalue weighted by atomic mass is 16.5. The number of benzene rings is 1. The van der Waals surface area contributed by atoms with E-state index in [0.29, 0.717) is 12.4 Å². The lowest BCUT2D eigenvalue weighted by Crippen LogP contribution is -2.09. The highest BCUT2D eigenvalue weighted by molar-refractivity contribution is 5.38. The molecule has 1 aromatic heterocycles. The molecule has 0 radical (unpaired) electrons. The predicted molar refractivity (Wildman–Crippen MR) is 68.4 cm³/mol. The van der Waals surface area contributed by atoms with E-state index in [1.807, 2.05) is 6.92 Å². The Morgan fingerprint density at radius 2 is 2.28 bits per heavy atom. The zero-order valence-electron chi connectivity index (χ0n) is 10.5. The molecule has 1 aliphatic rings. The molecule has 2 unspecified atom stereocenters. The van der Waals surface area contributed by atoms with Crippen molar-refractivity contribution in [3.63, 3.8) is 0 Å². The molecule has 4 heteroatoms. The Balaban J connectivity index is 1.91. The van der Waals surface area contributed by atoms with Crippen LogP contribution in [0, 0.1) is 0 Å². The molecule has 0 bridgehead atoms. The van der Waals surface area contributed by atoms with Gasteiger partial charge in [-0.2, -0.15) is 4.98 Å². The molecule has 0 aliphatic heterocycles. The first-order valence-electron chi connectivity index (χ1n) is 6.41. The monoisotopic (exact) mass is 243 g/mol. The van der Waals surface area contributed by atoms with Gasteiger partial charge >= 0.3 is 0 Å². The van der Waals surface area contributed by atoms with Gasteiger partial charge in [-0.25, -0.2) is 0 Å². The van der Waals surface area contributed by atoms with Crippen molar-refractivity contribution in [3.8, 4) is 0 Å². The summed E-state index contributed by atoms with van der Waals surface area (Å²) in [4.78, 5) is 4.50. The Labute approximate surface area is 106 Å². The summed E-state index contributed by atoms with van der Waals surface area (Å²) in [6, 6.07) is 8.49. The third-order valence-electron chi connectivity index (χ3n) is 3.68. The summed E-state index contributed by atoms with van der Waals surface area (Å²) in [6.07, 6.45) is 2.16. The second-order valence-corrected chi connectivity index (χ2v) is 4.92. The van der Waals surface area contributed by atoms with Crippen molar-refractivity contribution in [2.45, 2.75) is 31.6 Å². The van der Waals surface area contributed by atoms with Crippen molar-refractivity contribution in [2.24, 2.45) is 5.73 Å². The van der Waals surface area contributed by atoms with E-state index in [1.54, 1.807) is 0 Å². The Hall–Kier alpha value is -1.68. The summed E-state index contributed by atoms with van der Waals surface area (Å²) in [5.74, 6) is 1.86. The topological polar surface area (TPSA) is 64.9 Å². The van der Waals surface area contributed by atoms with Gasteiger partial charge in [0.2, 0.25) is 5.89 Å². The van der Waals surface area contributed by atoms with Crippen LogP contribution >= 0.6 is 0 Å². The molecular weight excluding hydrogens is 226 g/mol.